The Bertz CT molecular complexity index is 568. The van der Waals surface area contributed by atoms with Gasteiger partial charge in [0.05, 0.1) is 12.2 Å². The molecule has 134 valence electrons. The molecule has 0 aromatic carbocycles. The predicted molar refractivity (Wildman–Crippen MR) is 92.9 cm³/mol. The number of fused-ring (bicyclic) bond motifs is 5. The number of terminal acetylenes is 1. The molecule has 4 rings (SSSR count). The summed E-state index contributed by atoms with van der Waals surface area (Å²) in [4.78, 5) is 0. The van der Waals surface area contributed by atoms with Gasteiger partial charge in [-0.2, -0.15) is 0 Å². The first kappa shape index (κ1) is 16.9. The molecule has 3 N–H and O–H groups in total. The van der Waals surface area contributed by atoms with Crippen LogP contribution in [0.2, 0.25) is 0 Å². The van der Waals surface area contributed by atoms with Crippen molar-refractivity contribution in [1.82, 2.24) is 0 Å². The Balaban J connectivity index is 1.69. The second kappa shape index (κ2) is 5.22. The third kappa shape index (κ3) is 1.97. The van der Waals surface area contributed by atoms with Crippen LogP contribution in [0.25, 0.3) is 0 Å². The van der Waals surface area contributed by atoms with Crippen molar-refractivity contribution in [3.8, 4) is 12.3 Å². The second-order valence-corrected chi connectivity index (χ2v) is 9.72. The first-order chi connectivity index (χ1) is 11.2. The van der Waals surface area contributed by atoms with Crippen LogP contribution in [0.15, 0.2) is 0 Å². The Morgan fingerprint density at radius 1 is 0.958 bits per heavy atom. The van der Waals surface area contributed by atoms with Crippen LogP contribution in [0.4, 0.5) is 0 Å². The highest BCUT2D eigenvalue weighted by atomic mass is 16.3. The van der Waals surface area contributed by atoms with Crippen molar-refractivity contribution in [1.29, 1.82) is 0 Å². The molecule has 0 unspecified atom stereocenters. The van der Waals surface area contributed by atoms with Crippen molar-refractivity contribution < 1.29 is 15.3 Å². The van der Waals surface area contributed by atoms with Crippen LogP contribution in [-0.2, 0) is 0 Å². The number of rotatable bonds is 0. The maximum Gasteiger partial charge on any atom is 0.130 e. The number of hydrogen-bond donors (Lipinski definition) is 3. The quantitative estimate of drug-likeness (QED) is 0.598. The summed E-state index contributed by atoms with van der Waals surface area (Å²) in [5, 5.41) is 32.1. The summed E-state index contributed by atoms with van der Waals surface area (Å²) in [7, 11) is 0. The highest BCUT2D eigenvalue weighted by molar-refractivity contribution is 5.24. The molecule has 0 aromatic heterocycles. The van der Waals surface area contributed by atoms with E-state index in [1.165, 1.54) is 0 Å². The summed E-state index contributed by atoms with van der Waals surface area (Å²) < 4.78 is 0. The van der Waals surface area contributed by atoms with E-state index in [2.05, 4.69) is 19.8 Å². The Morgan fingerprint density at radius 2 is 1.67 bits per heavy atom. The molecule has 4 aliphatic carbocycles. The number of aliphatic hydroxyl groups excluding tert-OH is 2. The zero-order valence-electron chi connectivity index (χ0n) is 15.0. The summed E-state index contributed by atoms with van der Waals surface area (Å²) in [5.41, 5.74) is -1.05. The molecule has 0 saturated heterocycles. The molecule has 3 nitrogen and oxygen atoms in total. The third-order valence-electron chi connectivity index (χ3n) is 9.05. The fourth-order valence-corrected chi connectivity index (χ4v) is 7.46. The van der Waals surface area contributed by atoms with Gasteiger partial charge in [-0.15, -0.1) is 6.42 Å². The minimum atomic E-state index is -1.01. The highest BCUT2D eigenvalue weighted by Crippen LogP contribution is 2.68. The molecule has 4 aliphatic rings. The fourth-order valence-electron chi connectivity index (χ4n) is 7.46. The van der Waals surface area contributed by atoms with E-state index in [0.29, 0.717) is 24.2 Å². The molecule has 4 fully saturated rings. The molecule has 0 heterocycles. The van der Waals surface area contributed by atoms with Crippen LogP contribution < -0.4 is 0 Å². The maximum absolute atomic E-state index is 11.0. The number of hydrogen-bond acceptors (Lipinski definition) is 3. The van der Waals surface area contributed by atoms with E-state index in [1.807, 2.05) is 0 Å². The van der Waals surface area contributed by atoms with Gasteiger partial charge in [0.2, 0.25) is 0 Å². The topological polar surface area (TPSA) is 60.7 Å². The molecule has 9 atom stereocenters. The molecule has 0 amide bonds. The van der Waals surface area contributed by atoms with Gasteiger partial charge in [0, 0.05) is 5.41 Å². The normalized spacial score (nSPS) is 59.8. The van der Waals surface area contributed by atoms with Crippen molar-refractivity contribution in [3.63, 3.8) is 0 Å². The molecule has 0 aliphatic heterocycles. The summed E-state index contributed by atoms with van der Waals surface area (Å²) in [5.74, 6) is 4.19. The van der Waals surface area contributed by atoms with Gasteiger partial charge in [-0.1, -0.05) is 19.8 Å². The minimum Gasteiger partial charge on any atom is -0.393 e. The van der Waals surface area contributed by atoms with E-state index >= 15 is 0 Å². The van der Waals surface area contributed by atoms with E-state index in [-0.39, 0.29) is 29.0 Å². The van der Waals surface area contributed by atoms with Crippen LogP contribution in [0.1, 0.15) is 65.2 Å². The van der Waals surface area contributed by atoms with Crippen molar-refractivity contribution in [3.05, 3.63) is 0 Å². The Kier molecular flexibility index (Phi) is 3.67. The van der Waals surface area contributed by atoms with Gasteiger partial charge in [0.15, 0.2) is 0 Å². The van der Waals surface area contributed by atoms with Crippen molar-refractivity contribution >= 4 is 0 Å². The van der Waals surface area contributed by atoms with E-state index in [4.69, 9.17) is 6.42 Å². The molecule has 0 bridgehead atoms. The molecule has 0 spiro atoms. The zero-order chi connectivity index (χ0) is 17.3. The lowest BCUT2D eigenvalue weighted by molar-refractivity contribution is -0.183. The van der Waals surface area contributed by atoms with Gasteiger partial charge in [-0.25, -0.2) is 0 Å². The van der Waals surface area contributed by atoms with Gasteiger partial charge in [-0.05, 0) is 80.5 Å². The Hall–Kier alpha value is -0.560. The SMILES string of the molecule is C#C[C@]1(O)CC[C@H]2[C@@H]3[C@H](O)C[C@H]4C[C@@H](O)CC[C@]4(C)[C@H]3CC[C@@]21C. The van der Waals surface area contributed by atoms with E-state index in [9.17, 15) is 15.3 Å². The third-order valence-corrected chi connectivity index (χ3v) is 9.05. The number of aliphatic hydroxyl groups is 3. The maximum atomic E-state index is 11.0. The highest BCUT2D eigenvalue weighted by Gasteiger charge is 2.66. The zero-order valence-corrected chi connectivity index (χ0v) is 15.0. The van der Waals surface area contributed by atoms with Gasteiger partial charge in [0.25, 0.3) is 0 Å². The minimum absolute atomic E-state index is 0.196. The summed E-state index contributed by atoms with van der Waals surface area (Å²) in [6.45, 7) is 4.56. The average Bonchev–Trinajstić information content (AvgIpc) is 2.82. The first-order valence-corrected chi connectivity index (χ1v) is 9.81. The average molecular weight is 332 g/mol. The van der Waals surface area contributed by atoms with Gasteiger partial charge in [0.1, 0.15) is 5.60 Å². The van der Waals surface area contributed by atoms with E-state index < -0.39 is 5.60 Å². The van der Waals surface area contributed by atoms with Crippen molar-refractivity contribution in [2.75, 3.05) is 0 Å². The van der Waals surface area contributed by atoms with Crippen LogP contribution in [0.3, 0.4) is 0 Å². The van der Waals surface area contributed by atoms with Crippen LogP contribution >= 0.6 is 0 Å². The summed E-state index contributed by atoms with van der Waals surface area (Å²) >= 11 is 0. The van der Waals surface area contributed by atoms with Gasteiger partial charge >= 0.3 is 0 Å². The fraction of sp³-hybridized carbons (Fsp3) is 0.905. The van der Waals surface area contributed by atoms with Gasteiger partial charge < -0.3 is 15.3 Å². The Labute approximate surface area is 145 Å². The smallest absolute Gasteiger partial charge is 0.130 e. The first-order valence-electron chi connectivity index (χ1n) is 9.81. The lowest BCUT2D eigenvalue weighted by Gasteiger charge is -2.62. The van der Waals surface area contributed by atoms with E-state index in [1.54, 1.807) is 0 Å². The summed E-state index contributed by atoms with van der Waals surface area (Å²) in [6.07, 6.45) is 12.4. The molecule has 3 heteroatoms. The molecular formula is C21H32O3. The van der Waals surface area contributed by atoms with Crippen LogP contribution in [0, 0.1) is 46.8 Å². The molecule has 24 heavy (non-hydrogen) atoms. The second-order valence-electron chi connectivity index (χ2n) is 9.72. The van der Waals surface area contributed by atoms with Gasteiger partial charge in [-0.3, -0.25) is 0 Å². The predicted octanol–water partition coefficient (Wildman–Crippen LogP) is 2.73. The standard InChI is InChI=1S/C21H32O3/c1-4-21(24)10-7-16-18-15(6-9-20(16,21)3)19(2)8-5-14(22)11-13(19)12-17(18)23/h1,13-18,22-24H,5-12H2,2-3H3/t13-,14+,15+,16+,17-,18-,19+,20+,21+/m1/s1. The summed E-state index contributed by atoms with van der Waals surface area (Å²) in [6, 6.07) is 0. The molecule has 0 radical (unpaired) electrons. The lowest BCUT2D eigenvalue weighted by atomic mass is 9.43. The lowest BCUT2D eigenvalue weighted by Crippen LogP contribution is -2.60. The Morgan fingerprint density at radius 3 is 2.38 bits per heavy atom. The van der Waals surface area contributed by atoms with Crippen LogP contribution in [-0.4, -0.2) is 33.1 Å². The van der Waals surface area contributed by atoms with Crippen LogP contribution in [0.5, 0.6) is 0 Å². The molecule has 4 saturated carbocycles. The largest absolute Gasteiger partial charge is 0.393 e. The van der Waals surface area contributed by atoms with Crippen molar-refractivity contribution in [2.45, 2.75) is 83.0 Å². The van der Waals surface area contributed by atoms with E-state index in [0.717, 1.165) is 44.9 Å². The molecular weight excluding hydrogens is 300 g/mol. The molecule has 0 aromatic rings. The monoisotopic (exact) mass is 332 g/mol. The van der Waals surface area contributed by atoms with Crippen molar-refractivity contribution in [2.24, 2.45) is 34.5 Å².